The lowest BCUT2D eigenvalue weighted by Crippen LogP contribution is -2.19. The first-order valence-corrected chi connectivity index (χ1v) is 7.68. The van der Waals surface area contributed by atoms with Crippen LogP contribution in [0.3, 0.4) is 0 Å². The van der Waals surface area contributed by atoms with Gasteiger partial charge in [-0.05, 0) is 37.5 Å². The summed E-state index contributed by atoms with van der Waals surface area (Å²) >= 11 is 1.73. The number of aromatic nitrogens is 2. The molecule has 1 heterocycles. The summed E-state index contributed by atoms with van der Waals surface area (Å²) in [5, 5.41) is 4.46. The van der Waals surface area contributed by atoms with E-state index in [1.54, 1.807) is 11.8 Å². The number of thioether (sulfide) groups is 1. The van der Waals surface area contributed by atoms with Gasteiger partial charge in [0.2, 0.25) is 0 Å². The van der Waals surface area contributed by atoms with Gasteiger partial charge >= 0.3 is 0 Å². The Balaban J connectivity index is 1.56. The van der Waals surface area contributed by atoms with E-state index in [1.807, 2.05) is 0 Å². The van der Waals surface area contributed by atoms with Gasteiger partial charge in [0.1, 0.15) is 0 Å². The van der Waals surface area contributed by atoms with Crippen molar-refractivity contribution < 1.29 is 0 Å². The molecule has 0 amide bonds. The van der Waals surface area contributed by atoms with Crippen LogP contribution in [-0.2, 0) is 0 Å². The van der Waals surface area contributed by atoms with Gasteiger partial charge in [-0.3, -0.25) is 0 Å². The molecule has 4 heteroatoms. The molecule has 0 unspecified atom stereocenters. The fraction of sp³-hybridized carbons (Fsp3) is 0.400. The molecule has 19 heavy (non-hydrogen) atoms. The highest BCUT2D eigenvalue weighted by Gasteiger charge is 2.20. The summed E-state index contributed by atoms with van der Waals surface area (Å²) < 4.78 is 0. The van der Waals surface area contributed by atoms with E-state index in [1.165, 1.54) is 24.0 Å². The average molecular weight is 273 g/mol. The molecule has 1 aliphatic carbocycles. The molecule has 1 saturated carbocycles. The summed E-state index contributed by atoms with van der Waals surface area (Å²) in [6.07, 6.45) is 2.65. The Morgan fingerprint density at radius 3 is 3.16 bits per heavy atom. The third-order valence-electron chi connectivity index (χ3n) is 3.25. The zero-order valence-corrected chi connectivity index (χ0v) is 12.0. The Labute approximate surface area is 117 Å². The summed E-state index contributed by atoms with van der Waals surface area (Å²) in [4.78, 5) is 7.94. The number of hydrogen-bond donors (Lipinski definition) is 2. The Bertz CT molecular complexity index is 598. The predicted molar refractivity (Wildman–Crippen MR) is 81.7 cm³/mol. The first kappa shape index (κ1) is 12.8. The van der Waals surface area contributed by atoms with E-state index in [4.69, 9.17) is 0 Å². The quantitative estimate of drug-likeness (QED) is 0.627. The minimum Gasteiger partial charge on any atom is -0.333 e. The number of imidazole rings is 1. The van der Waals surface area contributed by atoms with E-state index in [9.17, 15) is 0 Å². The Morgan fingerprint density at radius 2 is 2.37 bits per heavy atom. The minimum atomic E-state index is 0.746. The van der Waals surface area contributed by atoms with Crippen molar-refractivity contribution in [3.05, 3.63) is 35.9 Å². The van der Waals surface area contributed by atoms with Crippen LogP contribution in [0.15, 0.2) is 35.5 Å². The monoisotopic (exact) mass is 273 g/mol. The second-order valence-electron chi connectivity index (χ2n) is 5.26. The van der Waals surface area contributed by atoms with Crippen molar-refractivity contribution in [1.82, 2.24) is 15.3 Å². The normalized spacial score (nSPS) is 15.0. The number of benzene rings is 1. The second-order valence-corrected chi connectivity index (χ2v) is 6.22. The van der Waals surface area contributed by atoms with Crippen LogP contribution in [-0.4, -0.2) is 28.3 Å². The number of nitrogens with zero attached hydrogens (tertiary/aromatic N) is 1. The van der Waals surface area contributed by atoms with Crippen LogP contribution in [0.2, 0.25) is 0 Å². The molecular weight excluding hydrogens is 254 g/mol. The zero-order valence-electron chi connectivity index (χ0n) is 11.2. The van der Waals surface area contributed by atoms with Gasteiger partial charge in [-0.1, -0.05) is 30.0 Å². The molecule has 3 nitrogen and oxygen atoms in total. The molecule has 0 spiro atoms. The van der Waals surface area contributed by atoms with Crippen molar-refractivity contribution >= 4 is 22.8 Å². The van der Waals surface area contributed by atoms with Gasteiger partial charge in [0.15, 0.2) is 5.16 Å². The third kappa shape index (κ3) is 3.39. The van der Waals surface area contributed by atoms with E-state index in [2.05, 4.69) is 47.0 Å². The Morgan fingerprint density at radius 1 is 1.53 bits per heavy atom. The molecule has 2 N–H and O–H groups in total. The van der Waals surface area contributed by atoms with Crippen LogP contribution in [0, 0.1) is 6.92 Å². The highest BCUT2D eigenvalue weighted by molar-refractivity contribution is 7.99. The summed E-state index contributed by atoms with van der Waals surface area (Å²) in [6, 6.07) is 7.04. The van der Waals surface area contributed by atoms with Crippen molar-refractivity contribution in [3.63, 3.8) is 0 Å². The van der Waals surface area contributed by atoms with Gasteiger partial charge in [-0.15, -0.1) is 0 Å². The number of nitrogens with one attached hydrogen (secondary N) is 2. The van der Waals surface area contributed by atoms with E-state index in [0.29, 0.717) is 0 Å². The van der Waals surface area contributed by atoms with E-state index in [-0.39, 0.29) is 0 Å². The van der Waals surface area contributed by atoms with Crippen LogP contribution in [0.5, 0.6) is 0 Å². The second kappa shape index (κ2) is 5.39. The molecule has 0 aliphatic heterocycles. The first-order chi connectivity index (χ1) is 9.20. The van der Waals surface area contributed by atoms with Gasteiger partial charge in [-0.25, -0.2) is 4.98 Å². The van der Waals surface area contributed by atoms with Gasteiger partial charge in [0.05, 0.1) is 11.0 Å². The van der Waals surface area contributed by atoms with Crippen molar-refractivity contribution in [2.75, 3.05) is 12.3 Å². The summed E-state index contributed by atoms with van der Waals surface area (Å²) in [7, 11) is 0. The van der Waals surface area contributed by atoms with E-state index >= 15 is 0 Å². The Hall–Kier alpha value is -1.26. The van der Waals surface area contributed by atoms with Crippen LogP contribution in [0.1, 0.15) is 18.4 Å². The molecule has 1 aromatic heterocycles. The van der Waals surface area contributed by atoms with Gasteiger partial charge in [0, 0.05) is 18.3 Å². The molecular formula is C15H19N3S. The fourth-order valence-corrected chi connectivity index (χ4v) is 2.75. The molecule has 3 rings (SSSR count). The molecule has 0 atom stereocenters. The maximum Gasteiger partial charge on any atom is 0.166 e. The lowest BCUT2D eigenvalue weighted by atomic mass is 10.2. The number of aromatic amines is 1. The number of fused-ring (bicyclic) bond motifs is 1. The molecule has 2 aromatic rings. The Kier molecular flexibility index (Phi) is 3.62. The molecule has 100 valence electrons. The number of rotatable bonds is 6. The number of hydrogen-bond acceptors (Lipinski definition) is 3. The average Bonchev–Trinajstić information content (AvgIpc) is 3.13. The van der Waals surface area contributed by atoms with Crippen molar-refractivity contribution in [2.45, 2.75) is 31.0 Å². The van der Waals surface area contributed by atoms with Crippen molar-refractivity contribution in [1.29, 1.82) is 0 Å². The first-order valence-electron chi connectivity index (χ1n) is 6.70. The summed E-state index contributed by atoms with van der Waals surface area (Å²) in [5.41, 5.74) is 4.64. The van der Waals surface area contributed by atoms with Crippen molar-refractivity contribution in [2.24, 2.45) is 0 Å². The summed E-state index contributed by atoms with van der Waals surface area (Å²) in [6.45, 7) is 7.14. The molecule has 1 aromatic carbocycles. The van der Waals surface area contributed by atoms with Gasteiger partial charge < -0.3 is 10.3 Å². The van der Waals surface area contributed by atoms with Crippen LogP contribution >= 0.6 is 11.8 Å². The molecule has 0 saturated heterocycles. The largest absolute Gasteiger partial charge is 0.333 e. The van der Waals surface area contributed by atoms with Crippen LogP contribution in [0.4, 0.5) is 0 Å². The van der Waals surface area contributed by atoms with Crippen LogP contribution < -0.4 is 5.32 Å². The predicted octanol–water partition coefficient (Wildman–Crippen LogP) is 3.27. The lowest BCUT2D eigenvalue weighted by Gasteiger charge is -2.04. The lowest BCUT2D eigenvalue weighted by molar-refractivity contribution is 0.736. The van der Waals surface area contributed by atoms with Crippen LogP contribution in [0.25, 0.3) is 11.0 Å². The minimum absolute atomic E-state index is 0.746. The highest BCUT2D eigenvalue weighted by atomic mass is 32.2. The van der Waals surface area contributed by atoms with Crippen molar-refractivity contribution in [3.8, 4) is 0 Å². The van der Waals surface area contributed by atoms with Gasteiger partial charge in [0.25, 0.3) is 0 Å². The molecule has 1 fully saturated rings. The topological polar surface area (TPSA) is 40.7 Å². The molecule has 0 radical (unpaired) electrons. The molecule has 0 bridgehead atoms. The number of H-pyrrole nitrogens is 1. The van der Waals surface area contributed by atoms with E-state index in [0.717, 1.165) is 34.5 Å². The summed E-state index contributed by atoms with van der Waals surface area (Å²) in [5.74, 6) is 0.915. The van der Waals surface area contributed by atoms with E-state index < -0.39 is 0 Å². The zero-order chi connectivity index (χ0) is 13.2. The fourth-order valence-electron chi connectivity index (χ4n) is 1.97. The SMILES string of the molecule is C=C(CNC1CC1)CSc1nc2ccc(C)cc2[nH]1. The highest BCUT2D eigenvalue weighted by Crippen LogP contribution is 2.22. The number of aryl methyl sites for hydroxylation is 1. The maximum absolute atomic E-state index is 4.58. The third-order valence-corrected chi connectivity index (χ3v) is 4.27. The molecule has 1 aliphatic rings. The smallest absolute Gasteiger partial charge is 0.166 e. The standard InChI is InChI=1S/C15H19N3S/c1-10-3-6-13-14(7-10)18-15(17-13)19-9-11(2)8-16-12-4-5-12/h3,6-7,12,16H,2,4-5,8-9H2,1H3,(H,17,18). The maximum atomic E-state index is 4.58. The van der Waals surface area contributed by atoms with Gasteiger partial charge in [-0.2, -0.15) is 0 Å².